The lowest BCUT2D eigenvalue weighted by Crippen LogP contribution is -2.44. The Labute approximate surface area is 104 Å². The SMILES string of the molecule is Cn1ncc2c(NC3CCCNC3=O)nccc21. The van der Waals surface area contributed by atoms with Crippen molar-refractivity contribution in [3.05, 3.63) is 18.5 Å². The van der Waals surface area contributed by atoms with Gasteiger partial charge in [0.15, 0.2) is 0 Å². The molecule has 1 aliphatic rings. The second-order valence-electron chi connectivity index (χ2n) is 4.49. The monoisotopic (exact) mass is 245 g/mol. The van der Waals surface area contributed by atoms with Gasteiger partial charge in [-0.05, 0) is 18.9 Å². The molecule has 1 fully saturated rings. The van der Waals surface area contributed by atoms with Gasteiger partial charge < -0.3 is 10.6 Å². The van der Waals surface area contributed by atoms with Crippen LogP contribution < -0.4 is 10.6 Å². The van der Waals surface area contributed by atoms with Crippen molar-refractivity contribution in [1.29, 1.82) is 0 Å². The summed E-state index contributed by atoms with van der Waals surface area (Å²) in [7, 11) is 1.89. The molecule has 2 aromatic heterocycles. The third-order valence-corrected chi connectivity index (χ3v) is 3.27. The van der Waals surface area contributed by atoms with E-state index < -0.39 is 0 Å². The first-order valence-electron chi connectivity index (χ1n) is 6.06. The molecule has 1 aliphatic heterocycles. The van der Waals surface area contributed by atoms with Crippen molar-refractivity contribution < 1.29 is 4.79 Å². The van der Waals surface area contributed by atoms with Crippen LogP contribution in [-0.4, -0.2) is 33.3 Å². The lowest BCUT2D eigenvalue weighted by Gasteiger charge is -2.23. The zero-order chi connectivity index (χ0) is 12.5. The summed E-state index contributed by atoms with van der Waals surface area (Å²) in [5.74, 6) is 0.770. The van der Waals surface area contributed by atoms with Gasteiger partial charge in [-0.1, -0.05) is 0 Å². The number of piperidine rings is 1. The van der Waals surface area contributed by atoms with Gasteiger partial charge in [-0.3, -0.25) is 9.48 Å². The number of nitrogens with zero attached hydrogens (tertiary/aromatic N) is 3. The number of aryl methyl sites for hydroxylation is 1. The highest BCUT2D eigenvalue weighted by Crippen LogP contribution is 2.21. The third kappa shape index (κ3) is 1.79. The predicted octanol–water partition coefficient (Wildman–Crippen LogP) is 0.659. The molecule has 94 valence electrons. The van der Waals surface area contributed by atoms with Gasteiger partial charge in [-0.15, -0.1) is 0 Å². The van der Waals surface area contributed by atoms with Crippen LogP contribution in [0.25, 0.3) is 10.9 Å². The molecule has 2 N–H and O–H groups in total. The minimum atomic E-state index is -0.197. The van der Waals surface area contributed by atoms with Gasteiger partial charge in [-0.25, -0.2) is 4.98 Å². The number of pyridine rings is 1. The average Bonchev–Trinajstić information content (AvgIpc) is 2.76. The van der Waals surface area contributed by atoms with Crippen molar-refractivity contribution in [2.24, 2.45) is 7.05 Å². The zero-order valence-corrected chi connectivity index (χ0v) is 10.2. The predicted molar refractivity (Wildman–Crippen MR) is 68.2 cm³/mol. The number of carbonyl (C=O) groups is 1. The van der Waals surface area contributed by atoms with Crippen LogP contribution in [0.2, 0.25) is 0 Å². The summed E-state index contributed by atoms with van der Waals surface area (Å²) in [6.45, 7) is 0.765. The lowest BCUT2D eigenvalue weighted by atomic mass is 10.1. The third-order valence-electron chi connectivity index (χ3n) is 3.27. The van der Waals surface area contributed by atoms with Crippen molar-refractivity contribution in [2.45, 2.75) is 18.9 Å². The van der Waals surface area contributed by atoms with Gasteiger partial charge in [0, 0.05) is 19.8 Å². The largest absolute Gasteiger partial charge is 0.358 e. The van der Waals surface area contributed by atoms with E-state index in [1.807, 2.05) is 13.1 Å². The number of amides is 1. The van der Waals surface area contributed by atoms with Crippen molar-refractivity contribution in [2.75, 3.05) is 11.9 Å². The van der Waals surface area contributed by atoms with Crippen LogP contribution in [0, 0.1) is 0 Å². The number of rotatable bonds is 2. The summed E-state index contributed by atoms with van der Waals surface area (Å²) in [5, 5.41) is 11.2. The summed E-state index contributed by atoms with van der Waals surface area (Å²) in [5.41, 5.74) is 1.00. The molecule has 18 heavy (non-hydrogen) atoms. The molecule has 0 radical (unpaired) electrons. The molecule has 0 saturated carbocycles. The summed E-state index contributed by atoms with van der Waals surface area (Å²) in [4.78, 5) is 16.0. The Hall–Kier alpha value is -2.11. The second kappa shape index (κ2) is 4.29. The van der Waals surface area contributed by atoms with E-state index in [-0.39, 0.29) is 11.9 Å². The van der Waals surface area contributed by atoms with Gasteiger partial charge in [0.25, 0.3) is 0 Å². The standard InChI is InChI=1S/C12H15N5O/c1-17-10-4-6-13-11(8(10)7-15-17)16-9-3-2-5-14-12(9)18/h4,6-7,9H,2-3,5H2,1H3,(H,13,16)(H,14,18). The molecule has 0 bridgehead atoms. The molecule has 3 heterocycles. The number of hydrogen-bond acceptors (Lipinski definition) is 4. The Morgan fingerprint density at radius 3 is 3.28 bits per heavy atom. The number of fused-ring (bicyclic) bond motifs is 1. The van der Waals surface area contributed by atoms with Gasteiger partial charge in [-0.2, -0.15) is 5.10 Å². The normalized spacial score (nSPS) is 19.8. The first-order valence-corrected chi connectivity index (χ1v) is 6.06. The smallest absolute Gasteiger partial charge is 0.242 e. The van der Waals surface area contributed by atoms with Crippen LogP contribution >= 0.6 is 0 Å². The van der Waals surface area contributed by atoms with Crippen LogP contribution in [0.1, 0.15) is 12.8 Å². The van der Waals surface area contributed by atoms with Crippen LogP contribution in [0.5, 0.6) is 0 Å². The maximum Gasteiger partial charge on any atom is 0.242 e. The van der Waals surface area contributed by atoms with Crippen LogP contribution in [0.4, 0.5) is 5.82 Å². The molecule has 6 nitrogen and oxygen atoms in total. The maximum atomic E-state index is 11.7. The Morgan fingerprint density at radius 2 is 2.44 bits per heavy atom. The van der Waals surface area contributed by atoms with E-state index in [0.29, 0.717) is 0 Å². The maximum absolute atomic E-state index is 11.7. The van der Waals surface area contributed by atoms with Gasteiger partial charge in [0.2, 0.25) is 5.91 Å². The fourth-order valence-electron chi connectivity index (χ4n) is 2.27. The molecule has 1 amide bonds. The van der Waals surface area contributed by atoms with Crippen molar-refractivity contribution in [3.8, 4) is 0 Å². The topological polar surface area (TPSA) is 71.8 Å². The number of carbonyl (C=O) groups excluding carboxylic acids is 1. The van der Waals surface area contributed by atoms with E-state index in [4.69, 9.17) is 0 Å². The van der Waals surface area contributed by atoms with Crippen molar-refractivity contribution in [1.82, 2.24) is 20.1 Å². The minimum Gasteiger partial charge on any atom is -0.358 e. The molecule has 1 atom stereocenters. The second-order valence-corrected chi connectivity index (χ2v) is 4.49. The Morgan fingerprint density at radius 1 is 1.56 bits per heavy atom. The Bertz CT molecular complexity index is 591. The van der Waals surface area contributed by atoms with E-state index in [1.165, 1.54) is 0 Å². The van der Waals surface area contributed by atoms with E-state index in [9.17, 15) is 4.79 Å². The first-order chi connectivity index (χ1) is 8.75. The van der Waals surface area contributed by atoms with Crippen LogP contribution in [0.15, 0.2) is 18.5 Å². The summed E-state index contributed by atoms with van der Waals surface area (Å²) in [6, 6.07) is 1.71. The quantitative estimate of drug-likeness (QED) is 0.815. The molecule has 3 rings (SSSR count). The molecule has 2 aromatic rings. The van der Waals surface area contributed by atoms with Gasteiger partial charge in [0.05, 0.1) is 17.1 Å². The van der Waals surface area contributed by atoms with Gasteiger partial charge in [0.1, 0.15) is 11.9 Å². The molecule has 0 aromatic carbocycles. The van der Waals surface area contributed by atoms with Crippen molar-refractivity contribution >= 4 is 22.6 Å². The number of aromatic nitrogens is 3. The Kier molecular flexibility index (Phi) is 2.62. The highest BCUT2D eigenvalue weighted by atomic mass is 16.2. The molecule has 0 aliphatic carbocycles. The van der Waals surface area contributed by atoms with Crippen molar-refractivity contribution in [3.63, 3.8) is 0 Å². The molecule has 0 spiro atoms. The molecular formula is C12H15N5O. The Balaban J connectivity index is 1.92. The van der Waals surface area contributed by atoms with Crippen LogP contribution in [0.3, 0.4) is 0 Å². The molecule has 1 saturated heterocycles. The summed E-state index contributed by atoms with van der Waals surface area (Å²) < 4.78 is 1.79. The fraction of sp³-hybridized carbons (Fsp3) is 0.417. The average molecular weight is 245 g/mol. The summed E-state index contributed by atoms with van der Waals surface area (Å²) >= 11 is 0. The molecule has 6 heteroatoms. The lowest BCUT2D eigenvalue weighted by molar-refractivity contribution is -0.123. The highest BCUT2D eigenvalue weighted by Gasteiger charge is 2.22. The zero-order valence-electron chi connectivity index (χ0n) is 10.2. The number of hydrogen-bond donors (Lipinski definition) is 2. The van der Waals surface area contributed by atoms with E-state index in [0.717, 1.165) is 36.1 Å². The molecule has 1 unspecified atom stereocenters. The van der Waals surface area contributed by atoms with E-state index in [2.05, 4.69) is 20.7 Å². The highest BCUT2D eigenvalue weighted by molar-refractivity contribution is 5.92. The fourth-order valence-corrected chi connectivity index (χ4v) is 2.27. The number of anilines is 1. The van der Waals surface area contributed by atoms with Crippen LogP contribution in [-0.2, 0) is 11.8 Å². The van der Waals surface area contributed by atoms with Gasteiger partial charge >= 0.3 is 0 Å². The minimum absolute atomic E-state index is 0.0453. The molecular weight excluding hydrogens is 230 g/mol. The number of nitrogens with one attached hydrogen (secondary N) is 2. The summed E-state index contributed by atoms with van der Waals surface area (Å²) in [6.07, 6.45) is 5.33. The van der Waals surface area contributed by atoms with E-state index in [1.54, 1.807) is 17.1 Å². The van der Waals surface area contributed by atoms with E-state index >= 15 is 0 Å². The first kappa shape index (κ1) is 11.0.